The minimum Gasteiger partial charge on any atom is -0.440 e. The Bertz CT molecular complexity index is 1930. The molecule has 1 saturated carbocycles. The first-order valence-corrected chi connectivity index (χ1v) is 12.2. The van der Waals surface area contributed by atoms with Crippen LogP contribution >= 0.6 is 15.9 Å². The molecule has 1 fully saturated rings. The standard InChI is InChI=1S/C28H17BrN4O/c29-16-9-7-14(8-10-16)22-23-19-13-30-33-20(19)11-12-21(23)31-25-17-3-1-2-4-18(17)26-27(24(22)25)34-28(32-26)15-5-6-15/h1-4,7-13,15H,5-6H2,(H,30,33). The highest BCUT2D eigenvalue weighted by Crippen LogP contribution is 2.47. The van der Waals surface area contributed by atoms with Crippen LogP contribution in [0.5, 0.6) is 0 Å². The molecule has 34 heavy (non-hydrogen) atoms. The zero-order valence-electron chi connectivity index (χ0n) is 18.0. The average molecular weight is 505 g/mol. The summed E-state index contributed by atoms with van der Waals surface area (Å²) in [4.78, 5) is 10.2. The Morgan fingerprint density at radius 2 is 1.62 bits per heavy atom. The van der Waals surface area contributed by atoms with Crippen molar-refractivity contribution in [2.75, 3.05) is 0 Å². The lowest BCUT2D eigenvalue weighted by atomic mass is 9.92. The molecule has 1 N–H and O–H groups in total. The number of hydrogen-bond donors (Lipinski definition) is 1. The molecule has 0 amide bonds. The van der Waals surface area contributed by atoms with E-state index in [-0.39, 0.29) is 0 Å². The van der Waals surface area contributed by atoms with Gasteiger partial charge in [0.25, 0.3) is 0 Å². The van der Waals surface area contributed by atoms with Crippen molar-refractivity contribution >= 4 is 70.5 Å². The third kappa shape index (κ3) is 2.51. The van der Waals surface area contributed by atoms with Crippen molar-refractivity contribution < 1.29 is 4.42 Å². The molecule has 3 heterocycles. The number of nitrogens with one attached hydrogen (secondary N) is 1. The first kappa shape index (κ1) is 18.6. The molecule has 0 bridgehead atoms. The number of fused-ring (bicyclic) bond motifs is 9. The maximum absolute atomic E-state index is 6.56. The van der Waals surface area contributed by atoms with Gasteiger partial charge in [0, 0.05) is 37.5 Å². The fourth-order valence-electron chi connectivity index (χ4n) is 5.19. The predicted molar refractivity (Wildman–Crippen MR) is 139 cm³/mol. The minimum atomic E-state index is 0.423. The molecule has 0 aliphatic heterocycles. The average Bonchev–Trinajstić information content (AvgIpc) is 3.43. The molecule has 1 aliphatic rings. The summed E-state index contributed by atoms with van der Waals surface area (Å²) >= 11 is 3.59. The number of pyridine rings is 1. The Morgan fingerprint density at radius 3 is 2.41 bits per heavy atom. The van der Waals surface area contributed by atoms with Crippen LogP contribution in [0.1, 0.15) is 24.7 Å². The second-order valence-electron chi connectivity index (χ2n) is 9.06. The predicted octanol–water partition coefficient (Wildman–Crippen LogP) is 7.87. The van der Waals surface area contributed by atoms with Crippen LogP contribution < -0.4 is 0 Å². The van der Waals surface area contributed by atoms with Crippen molar-refractivity contribution in [1.82, 2.24) is 20.2 Å². The van der Waals surface area contributed by atoms with Crippen LogP contribution in [0.3, 0.4) is 0 Å². The summed E-state index contributed by atoms with van der Waals surface area (Å²) < 4.78 is 7.60. The highest BCUT2D eigenvalue weighted by atomic mass is 79.9. The maximum Gasteiger partial charge on any atom is 0.198 e. The molecule has 8 rings (SSSR count). The van der Waals surface area contributed by atoms with E-state index < -0.39 is 0 Å². The van der Waals surface area contributed by atoms with Crippen LogP contribution in [0.4, 0.5) is 0 Å². The largest absolute Gasteiger partial charge is 0.440 e. The van der Waals surface area contributed by atoms with Gasteiger partial charge in [-0.1, -0.05) is 52.3 Å². The van der Waals surface area contributed by atoms with E-state index in [4.69, 9.17) is 14.4 Å². The molecule has 0 radical (unpaired) electrons. The molecule has 0 atom stereocenters. The van der Waals surface area contributed by atoms with Gasteiger partial charge in [-0.3, -0.25) is 5.10 Å². The number of oxazole rings is 1. The van der Waals surface area contributed by atoms with Crippen LogP contribution in [-0.4, -0.2) is 20.2 Å². The normalized spacial score (nSPS) is 14.3. The van der Waals surface area contributed by atoms with E-state index in [1.54, 1.807) is 0 Å². The molecule has 1 aliphatic carbocycles. The Labute approximate surface area is 201 Å². The molecule has 0 spiro atoms. The minimum absolute atomic E-state index is 0.423. The lowest BCUT2D eigenvalue weighted by molar-refractivity contribution is 0.535. The Kier molecular flexibility index (Phi) is 3.64. The van der Waals surface area contributed by atoms with E-state index in [1.165, 1.54) is 0 Å². The monoisotopic (exact) mass is 504 g/mol. The zero-order chi connectivity index (χ0) is 22.4. The molecule has 0 saturated heterocycles. The topological polar surface area (TPSA) is 67.6 Å². The Hall–Kier alpha value is -3.77. The van der Waals surface area contributed by atoms with Crippen LogP contribution in [-0.2, 0) is 0 Å². The maximum atomic E-state index is 6.56. The van der Waals surface area contributed by atoms with Crippen LogP contribution in [0.15, 0.2) is 75.8 Å². The van der Waals surface area contributed by atoms with E-state index in [2.05, 4.69) is 86.8 Å². The number of nitrogens with zero attached hydrogens (tertiary/aromatic N) is 3. The molecule has 4 aromatic carbocycles. The summed E-state index contributed by atoms with van der Waals surface area (Å²) in [6, 6.07) is 21.0. The smallest absolute Gasteiger partial charge is 0.198 e. The van der Waals surface area contributed by atoms with Gasteiger partial charge in [0.2, 0.25) is 0 Å². The van der Waals surface area contributed by atoms with Gasteiger partial charge in [0.15, 0.2) is 11.5 Å². The van der Waals surface area contributed by atoms with Crippen LogP contribution in [0.25, 0.3) is 65.7 Å². The molecular weight excluding hydrogens is 488 g/mol. The number of aromatic nitrogens is 4. The van der Waals surface area contributed by atoms with Crippen molar-refractivity contribution in [2.45, 2.75) is 18.8 Å². The van der Waals surface area contributed by atoms with Crippen molar-refractivity contribution in [3.8, 4) is 11.1 Å². The highest BCUT2D eigenvalue weighted by molar-refractivity contribution is 9.10. The molecule has 5 nitrogen and oxygen atoms in total. The quantitative estimate of drug-likeness (QED) is 0.192. The summed E-state index contributed by atoms with van der Waals surface area (Å²) in [7, 11) is 0. The Morgan fingerprint density at radius 1 is 0.824 bits per heavy atom. The van der Waals surface area contributed by atoms with Gasteiger partial charge < -0.3 is 4.42 Å². The second kappa shape index (κ2) is 6.64. The summed E-state index contributed by atoms with van der Waals surface area (Å²) in [5.74, 6) is 1.27. The molecular formula is C28H17BrN4O. The third-order valence-electron chi connectivity index (χ3n) is 6.94. The van der Waals surface area contributed by atoms with Crippen LogP contribution in [0.2, 0.25) is 0 Å². The van der Waals surface area contributed by atoms with Gasteiger partial charge in [-0.05, 0) is 42.7 Å². The number of halogens is 1. The van der Waals surface area contributed by atoms with Gasteiger partial charge >= 0.3 is 0 Å². The lowest BCUT2D eigenvalue weighted by Crippen LogP contribution is -1.92. The number of rotatable bonds is 2. The summed E-state index contributed by atoms with van der Waals surface area (Å²) in [5.41, 5.74) is 6.82. The van der Waals surface area contributed by atoms with Crippen molar-refractivity contribution in [2.24, 2.45) is 0 Å². The van der Waals surface area contributed by atoms with E-state index in [1.807, 2.05) is 6.20 Å². The van der Waals surface area contributed by atoms with Crippen LogP contribution in [0, 0.1) is 0 Å². The zero-order valence-corrected chi connectivity index (χ0v) is 19.6. The molecule has 6 heteroatoms. The number of H-pyrrole nitrogens is 1. The van der Waals surface area contributed by atoms with Gasteiger partial charge in [0.1, 0.15) is 5.52 Å². The van der Waals surface area contributed by atoms with Gasteiger partial charge in [0.05, 0.1) is 28.1 Å². The molecule has 0 unspecified atom stereocenters. The van der Waals surface area contributed by atoms with E-state index in [9.17, 15) is 0 Å². The van der Waals surface area contributed by atoms with Crippen molar-refractivity contribution in [3.63, 3.8) is 0 Å². The molecule has 3 aromatic heterocycles. The molecule has 7 aromatic rings. The number of aromatic amines is 1. The second-order valence-corrected chi connectivity index (χ2v) is 9.97. The number of hydrogen-bond acceptors (Lipinski definition) is 4. The van der Waals surface area contributed by atoms with Gasteiger partial charge in [-0.25, -0.2) is 9.97 Å². The summed E-state index contributed by atoms with van der Waals surface area (Å²) in [6.45, 7) is 0. The van der Waals surface area contributed by atoms with Gasteiger partial charge in [-0.2, -0.15) is 5.10 Å². The number of benzene rings is 4. The fourth-order valence-corrected chi connectivity index (χ4v) is 5.46. The van der Waals surface area contributed by atoms with Crippen molar-refractivity contribution in [3.05, 3.63) is 77.2 Å². The lowest BCUT2D eigenvalue weighted by Gasteiger charge is -2.14. The van der Waals surface area contributed by atoms with E-state index in [0.717, 1.165) is 88.9 Å². The SMILES string of the molecule is Brc1ccc(-c2c3c(ccc4[nH]ncc43)nc3c4ccccc4c4nc(C5CC5)oc4c23)cc1. The first-order chi connectivity index (χ1) is 16.8. The van der Waals surface area contributed by atoms with E-state index in [0.29, 0.717) is 5.92 Å². The van der Waals surface area contributed by atoms with Gasteiger partial charge in [-0.15, -0.1) is 0 Å². The Balaban J connectivity index is 1.69. The first-order valence-electron chi connectivity index (χ1n) is 11.4. The fraction of sp³-hybridized carbons (Fsp3) is 0.107. The summed E-state index contributed by atoms with van der Waals surface area (Å²) in [6.07, 6.45) is 4.17. The van der Waals surface area contributed by atoms with Crippen molar-refractivity contribution in [1.29, 1.82) is 0 Å². The third-order valence-corrected chi connectivity index (χ3v) is 7.47. The summed E-state index contributed by atoms with van der Waals surface area (Å²) in [5, 5.41) is 12.8. The molecule has 162 valence electrons. The van der Waals surface area contributed by atoms with E-state index >= 15 is 0 Å². The highest BCUT2D eigenvalue weighted by Gasteiger charge is 2.31.